The molecule has 0 bridgehead atoms. The highest BCUT2D eigenvalue weighted by Gasteiger charge is 2.25. The highest BCUT2D eigenvalue weighted by Crippen LogP contribution is 2.20. The van der Waals surface area contributed by atoms with Crippen molar-refractivity contribution in [1.29, 1.82) is 0 Å². The Balaban J connectivity index is 1.76. The van der Waals surface area contributed by atoms with Crippen LogP contribution in [0, 0.1) is 11.8 Å². The number of hydrogen-bond donors (Lipinski definition) is 1. The molecule has 2 fully saturated rings. The third-order valence-electron chi connectivity index (χ3n) is 4.14. The Morgan fingerprint density at radius 2 is 2.17 bits per heavy atom. The summed E-state index contributed by atoms with van der Waals surface area (Å²) in [5.41, 5.74) is 0. The predicted molar refractivity (Wildman–Crippen MR) is 71.4 cm³/mol. The van der Waals surface area contributed by atoms with Gasteiger partial charge in [0.1, 0.15) is 0 Å². The molecule has 0 saturated carbocycles. The van der Waals surface area contributed by atoms with Crippen LogP contribution in [0.25, 0.3) is 0 Å². The van der Waals surface area contributed by atoms with Crippen LogP contribution in [0.5, 0.6) is 0 Å². The number of nitrogens with one attached hydrogen (secondary N) is 1. The summed E-state index contributed by atoms with van der Waals surface area (Å²) in [5, 5.41) is 3.38. The molecule has 4 nitrogen and oxygen atoms in total. The van der Waals surface area contributed by atoms with Crippen molar-refractivity contribution in [3.05, 3.63) is 0 Å². The Morgan fingerprint density at radius 3 is 2.89 bits per heavy atom. The van der Waals surface area contributed by atoms with E-state index < -0.39 is 0 Å². The Bertz CT molecular complexity index is 263. The van der Waals surface area contributed by atoms with Crippen molar-refractivity contribution in [3.8, 4) is 0 Å². The van der Waals surface area contributed by atoms with E-state index in [1.165, 1.54) is 19.3 Å². The molecule has 2 aliphatic heterocycles. The van der Waals surface area contributed by atoms with Crippen molar-refractivity contribution in [2.45, 2.75) is 32.1 Å². The number of methoxy groups -OCH3 is 1. The fourth-order valence-corrected chi connectivity index (χ4v) is 3.14. The molecule has 2 rings (SSSR count). The van der Waals surface area contributed by atoms with Crippen LogP contribution in [0.4, 0.5) is 0 Å². The minimum absolute atomic E-state index is 0.351. The zero-order valence-electron chi connectivity index (χ0n) is 11.5. The maximum Gasteiger partial charge on any atom is 0.222 e. The lowest BCUT2D eigenvalue weighted by Gasteiger charge is -2.34. The first-order chi connectivity index (χ1) is 8.79. The lowest BCUT2D eigenvalue weighted by molar-refractivity contribution is -0.134. The first-order valence-corrected chi connectivity index (χ1v) is 7.27. The standard InChI is InChI=1S/C14H26N2O2/c1-18-11-13-5-3-7-16(10-13)14(17)8-12-4-2-6-15-9-12/h12-13,15H,2-11H2,1H3. The van der Waals surface area contributed by atoms with E-state index >= 15 is 0 Å². The van der Waals surface area contributed by atoms with E-state index in [0.29, 0.717) is 17.7 Å². The number of hydrogen-bond acceptors (Lipinski definition) is 3. The van der Waals surface area contributed by atoms with Gasteiger partial charge in [-0.2, -0.15) is 0 Å². The summed E-state index contributed by atoms with van der Waals surface area (Å²) >= 11 is 0. The quantitative estimate of drug-likeness (QED) is 0.821. The maximum atomic E-state index is 12.3. The van der Waals surface area contributed by atoms with E-state index in [1.807, 2.05) is 0 Å². The monoisotopic (exact) mass is 254 g/mol. The summed E-state index contributed by atoms with van der Waals surface area (Å²) < 4.78 is 5.21. The van der Waals surface area contributed by atoms with Gasteiger partial charge in [-0.1, -0.05) is 0 Å². The molecule has 104 valence electrons. The summed E-state index contributed by atoms with van der Waals surface area (Å²) in [4.78, 5) is 14.3. The molecule has 18 heavy (non-hydrogen) atoms. The molecule has 2 atom stereocenters. The highest BCUT2D eigenvalue weighted by atomic mass is 16.5. The number of rotatable bonds is 4. The van der Waals surface area contributed by atoms with Crippen molar-refractivity contribution < 1.29 is 9.53 Å². The van der Waals surface area contributed by atoms with Crippen LogP contribution in [0.3, 0.4) is 0 Å². The average molecular weight is 254 g/mol. The molecule has 1 amide bonds. The van der Waals surface area contributed by atoms with Crippen LogP contribution in [0.1, 0.15) is 32.1 Å². The summed E-state index contributed by atoms with van der Waals surface area (Å²) in [6.07, 6.45) is 5.47. The van der Waals surface area contributed by atoms with Gasteiger partial charge in [0.15, 0.2) is 0 Å². The van der Waals surface area contributed by atoms with Crippen molar-refractivity contribution in [1.82, 2.24) is 10.2 Å². The van der Waals surface area contributed by atoms with E-state index in [0.717, 1.165) is 45.6 Å². The molecule has 0 radical (unpaired) electrons. The third kappa shape index (κ3) is 3.95. The molecule has 0 aliphatic carbocycles. The number of nitrogens with zero attached hydrogens (tertiary/aromatic N) is 1. The second kappa shape index (κ2) is 7.10. The van der Waals surface area contributed by atoms with Gasteiger partial charge in [0.2, 0.25) is 5.91 Å². The van der Waals surface area contributed by atoms with Gasteiger partial charge in [-0.05, 0) is 50.6 Å². The normalized spacial score (nSPS) is 29.3. The number of amides is 1. The smallest absolute Gasteiger partial charge is 0.222 e. The van der Waals surface area contributed by atoms with Gasteiger partial charge in [0.05, 0.1) is 6.61 Å². The van der Waals surface area contributed by atoms with E-state index in [-0.39, 0.29) is 0 Å². The van der Waals surface area contributed by atoms with E-state index in [1.54, 1.807) is 7.11 Å². The van der Waals surface area contributed by atoms with E-state index in [2.05, 4.69) is 10.2 Å². The molecule has 2 heterocycles. The Labute approximate surface area is 110 Å². The fraction of sp³-hybridized carbons (Fsp3) is 0.929. The van der Waals surface area contributed by atoms with Gasteiger partial charge in [-0.15, -0.1) is 0 Å². The lowest BCUT2D eigenvalue weighted by atomic mass is 9.94. The lowest BCUT2D eigenvalue weighted by Crippen LogP contribution is -2.43. The van der Waals surface area contributed by atoms with Gasteiger partial charge >= 0.3 is 0 Å². The summed E-state index contributed by atoms with van der Waals surface area (Å²) in [6, 6.07) is 0. The second-order valence-corrected chi connectivity index (χ2v) is 5.72. The zero-order chi connectivity index (χ0) is 12.8. The van der Waals surface area contributed by atoms with Gasteiger partial charge in [0.25, 0.3) is 0 Å². The van der Waals surface area contributed by atoms with Crippen molar-refractivity contribution in [2.24, 2.45) is 11.8 Å². The number of ether oxygens (including phenoxy) is 1. The van der Waals surface area contributed by atoms with Crippen molar-refractivity contribution in [3.63, 3.8) is 0 Å². The molecule has 1 N–H and O–H groups in total. The Morgan fingerprint density at radius 1 is 1.33 bits per heavy atom. The molecule has 0 aromatic rings. The Kier molecular flexibility index (Phi) is 5.45. The maximum absolute atomic E-state index is 12.3. The van der Waals surface area contributed by atoms with Gasteiger partial charge < -0.3 is 15.0 Å². The fourth-order valence-electron chi connectivity index (χ4n) is 3.14. The van der Waals surface area contributed by atoms with Gasteiger partial charge in [0, 0.05) is 26.6 Å². The van der Waals surface area contributed by atoms with Crippen molar-refractivity contribution >= 4 is 5.91 Å². The molecular weight excluding hydrogens is 228 g/mol. The van der Waals surface area contributed by atoms with Crippen LogP contribution >= 0.6 is 0 Å². The second-order valence-electron chi connectivity index (χ2n) is 5.72. The van der Waals surface area contributed by atoms with E-state index in [4.69, 9.17) is 4.74 Å². The Hall–Kier alpha value is -0.610. The number of piperidine rings is 2. The average Bonchev–Trinajstić information content (AvgIpc) is 2.40. The van der Waals surface area contributed by atoms with Crippen LogP contribution in [0.15, 0.2) is 0 Å². The first-order valence-electron chi connectivity index (χ1n) is 7.27. The van der Waals surface area contributed by atoms with Gasteiger partial charge in [-0.3, -0.25) is 4.79 Å². The molecule has 2 saturated heterocycles. The number of carbonyl (C=O) groups excluding carboxylic acids is 1. The molecule has 0 aromatic heterocycles. The predicted octanol–water partition coefficient (Wildman–Crippen LogP) is 1.26. The molecular formula is C14H26N2O2. The van der Waals surface area contributed by atoms with Gasteiger partial charge in [-0.25, -0.2) is 0 Å². The highest BCUT2D eigenvalue weighted by molar-refractivity contribution is 5.76. The van der Waals surface area contributed by atoms with Crippen LogP contribution in [-0.2, 0) is 9.53 Å². The summed E-state index contributed by atoms with van der Waals surface area (Å²) in [5.74, 6) is 1.44. The van der Waals surface area contributed by atoms with E-state index in [9.17, 15) is 4.79 Å². The SMILES string of the molecule is COCC1CCCN(C(=O)CC2CCCNC2)C1. The molecule has 4 heteroatoms. The van der Waals surface area contributed by atoms with Crippen LogP contribution in [-0.4, -0.2) is 50.7 Å². The minimum Gasteiger partial charge on any atom is -0.384 e. The zero-order valence-corrected chi connectivity index (χ0v) is 11.5. The largest absolute Gasteiger partial charge is 0.384 e. The molecule has 2 unspecified atom stereocenters. The number of likely N-dealkylation sites (tertiary alicyclic amines) is 1. The third-order valence-corrected chi connectivity index (χ3v) is 4.14. The molecule has 0 spiro atoms. The topological polar surface area (TPSA) is 41.6 Å². The minimum atomic E-state index is 0.351. The molecule has 2 aliphatic rings. The summed E-state index contributed by atoms with van der Waals surface area (Å²) in [7, 11) is 1.74. The summed E-state index contributed by atoms with van der Waals surface area (Å²) in [6.45, 7) is 4.76. The molecule has 0 aromatic carbocycles. The van der Waals surface area contributed by atoms with Crippen LogP contribution < -0.4 is 5.32 Å². The van der Waals surface area contributed by atoms with Crippen LogP contribution in [0.2, 0.25) is 0 Å². The van der Waals surface area contributed by atoms with Crippen molar-refractivity contribution in [2.75, 3.05) is 39.9 Å². The number of carbonyl (C=O) groups is 1. The first kappa shape index (κ1) is 13.8.